The lowest BCUT2D eigenvalue weighted by molar-refractivity contribution is 0.610. The summed E-state index contributed by atoms with van der Waals surface area (Å²) in [6.07, 6.45) is 23.0. The highest BCUT2D eigenvalue weighted by Crippen LogP contribution is 2.08. The summed E-state index contributed by atoms with van der Waals surface area (Å²) in [7, 11) is 0. The first-order valence-electron chi connectivity index (χ1n) is 7.67. The van der Waals surface area contributed by atoms with Crippen LogP contribution in [0.25, 0.3) is 0 Å². The molecule has 0 saturated carbocycles. The zero-order chi connectivity index (χ0) is 12.6. The Morgan fingerprint density at radius 2 is 1.12 bits per heavy atom. The van der Waals surface area contributed by atoms with E-state index in [4.69, 9.17) is 0 Å². The third kappa shape index (κ3) is 15.5. The zero-order valence-electron chi connectivity index (χ0n) is 11.9. The Labute approximate surface area is 109 Å². The Hall–Kier alpha value is -0.520. The minimum absolute atomic E-state index is 1.18. The first kappa shape index (κ1) is 16.5. The molecule has 100 valence electrons. The summed E-state index contributed by atoms with van der Waals surface area (Å²) in [6.45, 7) is 6.02. The van der Waals surface area contributed by atoms with Crippen LogP contribution in [-0.4, -0.2) is 0 Å². The van der Waals surface area contributed by atoms with Gasteiger partial charge in [0.1, 0.15) is 0 Å². The number of allylic oxidation sites excluding steroid dienone is 3. The van der Waals surface area contributed by atoms with Gasteiger partial charge in [-0.05, 0) is 38.5 Å². The second kappa shape index (κ2) is 15.5. The van der Waals surface area contributed by atoms with Crippen LogP contribution in [0.3, 0.4) is 0 Å². The lowest BCUT2D eigenvalue weighted by atomic mass is 10.1. The molecule has 0 amide bonds. The van der Waals surface area contributed by atoms with Gasteiger partial charge in [-0.15, -0.1) is 6.58 Å². The predicted octanol–water partition coefficient (Wildman–Crippen LogP) is 6.43. The molecule has 0 bridgehead atoms. The van der Waals surface area contributed by atoms with Crippen LogP contribution < -0.4 is 0 Å². The highest BCUT2D eigenvalue weighted by Gasteiger charge is 1.88. The molecule has 17 heavy (non-hydrogen) atoms. The Bertz CT molecular complexity index is 167. The van der Waals surface area contributed by atoms with E-state index in [2.05, 4.69) is 25.7 Å². The third-order valence-corrected chi connectivity index (χ3v) is 3.17. The molecule has 0 aromatic heterocycles. The second-order valence-corrected chi connectivity index (χ2v) is 4.95. The van der Waals surface area contributed by atoms with Crippen LogP contribution in [0.2, 0.25) is 0 Å². The van der Waals surface area contributed by atoms with E-state index in [1.165, 1.54) is 77.0 Å². The summed E-state index contributed by atoms with van der Waals surface area (Å²) in [5.74, 6) is 0. The quantitative estimate of drug-likeness (QED) is 0.255. The van der Waals surface area contributed by atoms with Gasteiger partial charge in [0.05, 0.1) is 0 Å². The first-order valence-corrected chi connectivity index (χ1v) is 7.67. The van der Waals surface area contributed by atoms with E-state index in [1.54, 1.807) is 0 Å². The van der Waals surface area contributed by atoms with Crippen LogP contribution in [-0.2, 0) is 0 Å². The van der Waals surface area contributed by atoms with E-state index < -0.39 is 0 Å². The summed E-state index contributed by atoms with van der Waals surface area (Å²) in [5.41, 5.74) is 0. The van der Waals surface area contributed by atoms with E-state index in [1.807, 2.05) is 6.08 Å². The molecular formula is C17H32. The van der Waals surface area contributed by atoms with Crippen molar-refractivity contribution in [3.05, 3.63) is 24.8 Å². The molecule has 0 aromatic rings. The Morgan fingerprint density at radius 1 is 0.647 bits per heavy atom. The Kier molecular flexibility index (Phi) is 15.0. The van der Waals surface area contributed by atoms with Crippen molar-refractivity contribution in [1.82, 2.24) is 0 Å². The van der Waals surface area contributed by atoms with Gasteiger partial charge < -0.3 is 0 Å². The molecule has 0 radical (unpaired) electrons. The molecule has 0 aliphatic carbocycles. The lowest BCUT2D eigenvalue weighted by Crippen LogP contribution is -1.78. The number of hydrogen-bond donors (Lipinski definition) is 0. The standard InChI is InChI=1S/C17H32/c1-3-5-7-9-11-13-15-17-16-14-12-10-8-6-4-2/h3,15,17H,1,4-14,16H2,2H3/b17-15-. The smallest absolute Gasteiger partial charge is 0.0351 e. The topological polar surface area (TPSA) is 0 Å². The van der Waals surface area contributed by atoms with Crippen molar-refractivity contribution in [1.29, 1.82) is 0 Å². The van der Waals surface area contributed by atoms with E-state index in [0.717, 1.165) is 0 Å². The summed E-state index contributed by atoms with van der Waals surface area (Å²) < 4.78 is 0. The average molecular weight is 236 g/mol. The van der Waals surface area contributed by atoms with Gasteiger partial charge in [0, 0.05) is 0 Å². The van der Waals surface area contributed by atoms with E-state index in [-0.39, 0.29) is 0 Å². The van der Waals surface area contributed by atoms with Crippen molar-refractivity contribution in [2.45, 2.75) is 84.0 Å². The van der Waals surface area contributed by atoms with Crippen molar-refractivity contribution in [2.75, 3.05) is 0 Å². The Morgan fingerprint density at radius 3 is 1.71 bits per heavy atom. The Balaban J connectivity index is 3.01. The molecule has 0 unspecified atom stereocenters. The van der Waals surface area contributed by atoms with Gasteiger partial charge in [-0.2, -0.15) is 0 Å². The van der Waals surface area contributed by atoms with Gasteiger partial charge in [-0.1, -0.05) is 63.7 Å². The zero-order valence-corrected chi connectivity index (χ0v) is 11.9. The second-order valence-electron chi connectivity index (χ2n) is 4.95. The molecule has 0 atom stereocenters. The maximum atomic E-state index is 3.74. The molecular weight excluding hydrogens is 204 g/mol. The fraction of sp³-hybridized carbons (Fsp3) is 0.765. The molecule has 0 spiro atoms. The minimum Gasteiger partial charge on any atom is -0.103 e. The van der Waals surface area contributed by atoms with Gasteiger partial charge in [0.2, 0.25) is 0 Å². The molecule has 0 aliphatic rings. The SMILES string of the molecule is C=CCCCCC/C=C\CCCCCCCC. The van der Waals surface area contributed by atoms with Gasteiger partial charge in [0.15, 0.2) is 0 Å². The normalized spacial score (nSPS) is 11.1. The summed E-state index contributed by atoms with van der Waals surface area (Å²) >= 11 is 0. The molecule has 0 aliphatic heterocycles. The van der Waals surface area contributed by atoms with Crippen molar-refractivity contribution in [3.8, 4) is 0 Å². The average Bonchev–Trinajstić information content (AvgIpc) is 2.35. The third-order valence-electron chi connectivity index (χ3n) is 3.17. The lowest BCUT2D eigenvalue weighted by Gasteiger charge is -1.98. The monoisotopic (exact) mass is 236 g/mol. The summed E-state index contributed by atoms with van der Waals surface area (Å²) in [6, 6.07) is 0. The fourth-order valence-corrected chi connectivity index (χ4v) is 2.01. The van der Waals surface area contributed by atoms with Crippen LogP contribution in [0.4, 0.5) is 0 Å². The van der Waals surface area contributed by atoms with Crippen LogP contribution in [0.1, 0.15) is 84.0 Å². The van der Waals surface area contributed by atoms with Crippen LogP contribution >= 0.6 is 0 Å². The van der Waals surface area contributed by atoms with E-state index in [9.17, 15) is 0 Å². The summed E-state index contributed by atoms with van der Waals surface area (Å²) in [5, 5.41) is 0. The van der Waals surface area contributed by atoms with E-state index in [0.29, 0.717) is 0 Å². The van der Waals surface area contributed by atoms with Crippen molar-refractivity contribution < 1.29 is 0 Å². The van der Waals surface area contributed by atoms with Gasteiger partial charge in [-0.3, -0.25) is 0 Å². The number of unbranched alkanes of at least 4 members (excludes halogenated alkanes) is 10. The molecule has 0 N–H and O–H groups in total. The maximum absolute atomic E-state index is 3.74. The predicted molar refractivity (Wildman–Crippen MR) is 80.4 cm³/mol. The molecule has 0 fully saturated rings. The first-order chi connectivity index (χ1) is 8.41. The van der Waals surface area contributed by atoms with Crippen LogP contribution in [0, 0.1) is 0 Å². The van der Waals surface area contributed by atoms with Crippen molar-refractivity contribution in [3.63, 3.8) is 0 Å². The van der Waals surface area contributed by atoms with Gasteiger partial charge in [-0.25, -0.2) is 0 Å². The number of hydrogen-bond acceptors (Lipinski definition) is 0. The molecule has 0 aromatic carbocycles. The summed E-state index contributed by atoms with van der Waals surface area (Å²) in [4.78, 5) is 0. The molecule has 0 heterocycles. The largest absolute Gasteiger partial charge is 0.103 e. The highest BCUT2D eigenvalue weighted by molar-refractivity contribution is 4.81. The molecule has 0 rings (SSSR count). The molecule has 0 heteroatoms. The fourth-order valence-electron chi connectivity index (χ4n) is 2.01. The van der Waals surface area contributed by atoms with Crippen LogP contribution in [0.5, 0.6) is 0 Å². The van der Waals surface area contributed by atoms with Gasteiger partial charge in [0.25, 0.3) is 0 Å². The number of rotatable bonds is 13. The van der Waals surface area contributed by atoms with Crippen molar-refractivity contribution >= 4 is 0 Å². The van der Waals surface area contributed by atoms with Crippen LogP contribution in [0.15, 0.2) is 24.8 Å². The van der Waals surface area contributed by atoms with Crippen molar-refractivity contribution in [2.24, 2.45) is 0 Å². The maximum Gasteiger partial charge on any atom is -0.0351 e. The minimum atomic E-state index is 1.18. The van der Waals surface area contributed by atoms with E-state index >= 15 is 0 Å². The highest BCUT2D eigenvalue weighted by atomic mass is 13.9. The molecule has 0 nitrogen and oxygen atoms in total. The van der Waals surface area contributed by atoms with Gasteiger partial charge >= 0.3 is 0 Å². The molecule has 0 saturated heterocycles.